The fourth-order valence-corrected chi connectivity index (χ4v) is 3.06. The zero-order chi connectivity index (χ0) is 23.1. The van der Waals surface area contributed by atoms with Gasteiger partial charge in [0.25, 0.3) is 0 Å². The van der Waals surface area contributed by atoms with E-state index in [-0.39, 0.29) is 11.8 Å². The normalized spacial score (nSPS) is 12.1. The lowest BCUT2D eigenvalue weighted by Crippen LogP contribution is -2.30. The first-order valence-corrected chi connectivity index (χ1v) is 9.99. The van der Waals surface area contributed by atoms with Gasteiger partial charge < -0.3 is 24.1 Å². The highest BCUT2D eigenvalue weighted by Crippen LogP contribution is 2.38. The number of carbonyl (C=O) groups excluding carboxylic acids is 1. The molecule has 168 valence electrons. The van der Waals surface area contributed by atoms with Gasteiger partial charge in [-0.2, -0.15) is 4.98 Å². The van der Waals surface area contributed by atoms with Crippen molar-refractivity contribution in [2.75, 3.05) is 21.3 Å². The van der Waals surface area contributed by atoms with Crippen molar-refractivity contribution < 1.29 is 23.5 Å². The van der Waals surface area contributed by atoms with Gasteiger partial charge >= 0.3 is 0 Å². The highest BCUT2D eigenvalue weighted by Gasteiger charge is 2.24. The fraction of sp³-hybridized carbons (Fsp3) is 0.304. The van der Waals surface area contributed by atoms with Crippen molar-refractivity contribution >= 4 is 12.0 Å². The lowest BCUT2D eigenvalue weighted by atomic mass is 10.0. The molecule has 0 bridgehead atoms. The van der Waals surface area contributed by atoms with Crippen LogP contribution in [-0.2, 0) is 4.79 Å². The van der Waals surface area contributed by atoms with Crippen LogP contribution in [0.1, 0.15) is 31.3 Å². The number of methoxy groups -OCH3 is 3. The minimum atomic E-state index is -0.454. The highest BCUT2D eigenvalue weighted by atomic mass is 16.5. The number of aromatic nitrogens is 3. The second kappa shape index (κ2) is 10.4. The topological polar surface area (TPSA) is 109 Å². The van der Waals surface area contributed by atoms with Gasteiger partial charge in [-0.05, 0) is 41.8 Å². The molecule has 1 N–H and O–H groups in total. The SMILES string of the molecule is COc1cc(/C=C/C(=O)NC(c2nc(-c3cccnc3)no2)C(C)C)cc(OC)c1OC. The number of nitrogens with one attached hydrogen (secondary N) is 1. The Balaban J connectivity index is 1.76. The summed E-state index contributed by atoms with van der Waals surface area (Å²) in [5.74, 6) is 1.95. The zero-order valence-corrected chi connectivity index (χ0v) is 18.7. The Morgan fingerprint density at radius 3 is 2.41 bits per heavy atom. The van der Waals surface area contributed by atoms with Crippen LogP contribution in [0, 0.1) is 5.92 Å². The molecule has 2 heterocycles. The van der Waals surface area contributed by atoms with Crippen LogP contribution >= 0.6 is 0 Å². The minimum Gasteiger partial charge on any atom is -0.493 e. The van der Waals surface area contributed by atoms with E-state index in [9.17, 15) is 4.79 Å². The van der Waals surface area contributed by atoms with E-state index in [0.29, 0.717) is 34.5 Å². The number of carbonyl (C=O) groups is 1. The Hall–Kier alpha value is -3.88. The molecule has 1 aromatic carbocycles. The van der Waals surface area contributed by atoms with Crippen LogP contribution in [0.5, 0.6) is 17.2 Å². The van der Waals surface area contributed by atoms with Gasteiger partial charge in [0.1, 0.15) is 6.04 Å². The quantitative estimate of drug-likeness (QED) is 0.504. The van der Waals surface area contributed by atoms with Crippen LogP contribution in [-0.4, -0.2) is 42.4 Å². The van der Waals surface area contributed by atoms with Gasteiger partial charge in [-0.3, -0.25) is 9.78 Å². The van der Waals surface area contributed by atoms with Gasteiger partial charge in [-0.25, -0.2) is 0 Å². The molecule has 1 atom stereocenters. The number of rotatable bonds is 9. The third kappa shape index (κ3) is 5.23. The molecular formula is C23H26N4O5. The lowest BCUT2D eigenvalue weighted by Gasteiger charge is -2.17. The molecule has 9 heteroatoms. The van der Waals surface area contributed by atoms with Crippen LogP contribution in [0.3, 0.4) is 0 Å². The number of amides is 1. The maximum Gasteiger partial charge on any atom is 0.249 e. The van der Waals surface area contributed by atoms with Gasteiger partial charge in [-0.1, -0.05) is 19.0 Å². The van der Waals surface area contributed by atoms with Gasteiger partial charge in [0.05, 0.1) is 21.3 Å². The minimum absolute atomic E-state index is 0.0238. The van der Waals surface area contributed by atoms with Gasteiger partial charge in [0.2, 0.25) is 23.4 Å². The first-order valence-electron chi connectivity index (χ1n) is 9.99. The highest BCUT2D eigenvalue weighted by molar-refractivity contribution is 5.92. The second-order valence-electron chi connectivity index (χ2n) is 7.22. The van der Waals surface area contributed by atoms with Crippen LogP contribution < -0.4 is 19.5 Å². The largest absolute Gasteiger partial charge is 0.493 e. The molecule has 0 spiro atoms. The summed E-state index contributed by atoms with van der Waals surface area (Å²) < 4.78 is 21.4. The molecule has 0 saturated carbocycles. The second-order valence-corrected chi connectivity index (χ2v) is 7.22. The summed E-state index contributed by atoms with van der Waals surface area (Å²) in [6.07, 6.45) is 6.40. The Kier molecular flexibility index (Phi) is 7.43. The number of benzene rings is 1. The van der Waals surface area contributed by atoms with Crippen LogP contribution in [0.2, 0.25) is 0 Å². The molecule has 0 aliphatic rings. The molecule has 9 nitrogen and oxygen atoms in total. The van der Waals surface area contributed by atoms with E-state index in [1.807, 2.05) is 19.9 Å². The molecule has 2 aromatic heterocycles. The Bertz CT molecular complexity index is 1050. The maximum absolute atomic E-state index is 12.6. The van der Waals surface area contributed by atoms with Gasteiger partial charge in [-0.15, -0.1) is 0 Å². The van der Waals surface area contributed by atoms with Crippen molar-refractivity contribution in [2.45, 2.75) is 19.9 Å². The average Bonchev–Trinajstić information content (AvgIpc) is 3.30. The number of ether oxygens (including phenoxy) is 3. The summed E-state index contributed by atoms with van der Waals surface area (Å²) in [6, 6.07) is 6.68. The maximum atomic E-state index is 12.6. The van der Waals surface area contributed by atoms with Crippen LogP contribution in [0.15, 0.2) is 47.3 Å². The smallest absolute Gasteiger partial charge is 0.249 e. The summed E-state index contributed by atoms with van der Waals surface area (Å²) >= 11 is 0. The zero-order valence-electron chi connectivity index (χ0n) is 18.7. The summed E-state index contributed by atoms with van der Waals surface area (Å²) in [7, 11) is 4.61. The first kappa shape index (κ1) is 22.8. The van der Waals surface area contributed by atoms with E-state index in [4.69, 9.17) is 18.7 Å². The summed E-state index contributed by atoms with van der Waals surface area (Å²) in [5.41, 5.74) is 1.45. The number of nitrogens with zero attached hydrogens (tertiary/aromatic N) is 3. The molecule has 1 amide bonds. The monoisotopic (exact) mass is 438 g/mol. The van der Waals surface area contributed by atoms with Crippen LogP contribution in [0.4, 0.5) is 0 Å². The van der Waals surface area contributed by atoms with Crippen molar-refractivity contribution in [1.29, 1.82) is 0 Å². The molecule has 3 aromatic rings. The Morgan fingerprint density at radius 2 is 1.84 bits per heavy atom. The average molecular weight is 438 g/mol. The number of hydrogen-bond donors (Lipinski definition) is 1. The standard InChI is InChI=1S/C23H26N4O5/c1-14(2)20(23-26-22(27-32-23)16-7-6-10-24-13-16)25-19(28)9-8-15-11-17(29-3)21(31-5)18(12-15)30-4/h6-14,20H,1-5H3,(H,25,28)/b9-8+. The first-order chi connectivity index (χ1) is 15.5. The molecular weight excluding hydrogens is 412 g/mol. The van der Waals surface area contributed by atoms with Gasteiger partial charge in [0, 0.05) is 24.0 Å². The van der Waals surface area contributed by atoms with Crippen molar-refractivity contribution in [2.24, 2.45) is 5.92 Å². The summed E-state index contributed by atoms with van der Waals surface area (Å²) in [5, 5.41) is 6.93. The van der Waals surface area contributed by atoms with E-state index < -0.39 is 6.04 Å². The molecule has 0 saturated heterocycles. The molecule has 3 rings (SSSR count). The van der Waals surface area contributed by atoms with Crippen molar-refractivity contribution in [3.8, 4) is 28.6 Å². The molecule has 0 fully saturated rings. The summed E-state index contributed by atoms with van der Waals surface area (Å²) in [4.78, 5) is 21.1. The van der Waals surface area contributed by atoms with E-state index in [1.54, 1.807) is 36.7 Å². The van der Waals surface area contributed by atoms with E-state index in [0.717, 1.165) is 5.56 Å². The Morgan fingerprint density at radius 1 is 1.12 bits per heavy atom. The number of hydrogen-bond acceptors (Lipinski definition) is 8. The fourth-order valence-electron chi connectivity index (χ4n) is 3.06. The van der Waals surface area contributed by atoms with E-state index in [1.165, 1.54) is 27.4 Å². The van der Waals surface area contributed by atoms with Gasteiger partial charge in [0.15, 0.2) is 11.5 Å². The third-order valence-electron chi connectivity index (χ3n) is 4.71. The predicted octanol–water partition coefficient (Wildman–Crippen LogP) is 3.68. The molecule has 32 heavy (non-hydrogen) atoms. The lowest BCUT2D eigenvalue weighted by molar-refractivity contribution is -0.117. The third-order valence-corrected chi connectivity index (χ3v) is 4.71. The summed E-state index contributed by atoms with van der Waals surface area (Å²) in [6.45, 7) is 3.92. The molecule has 0 radical (unpaired) electrons. The van der Waals surface area contributed by atoms with Crippen molar-refractivity contribution in [3.05, 3.63) is 54.2 Å². The Labute approximate surface area is 186 Å². The molecule has 0 aliphatic carbocycles. The van der Waals surface area contributed by atoms with Crippen molar-refractivity contribution in [3.63, 3.8) is 0 Å². The van der Waals surface area contributed by atoms with E-state index >= 15 is 0 Å². The van der Waals surface area contributed by atoms with E-state index in [2.05, 4.69) is 20.4 Å². The predicted molar refractivity (Wildman–Crippen MR) is 118 cm³/mol. The molecule has 1 unspecified atom stereocenters. The number of pyridine rings is 1. The van der Waals surface area contributed by atoms with Crippen LogP contribution in [0.25, 0.3) is 17.5 Å². The van der Waals surface area contributed by atoms with Crippen molar-refractivity contribution in [1.82, 2.24) is 20.4 Å². The molecule has 0 aliphatic heterocycles.